The first kappa shape index (κ1) is 49.0. The zero-order valence-electron chi connectivity index (χ0n) is 33.5. The van der Waals surface area contributed by atoms with Crippen LogP contribution in [0.25, 0.3) is 0 Å². The number of rotatable bonds is 11. The summed E-state index contributed by atoms with van der Waals surface area (Å²) in [6, 6.07) is -4.59. The maximum atomic E-state index is 14.4. The van der Waals surface area contributed by atoms with Gasteiger partial charge < -0.3 is 64.4 Å². The molecule has 1 saturated heterocycles. The van der Waals surface area contributed by atoms with Crippen LogP contribution < -0.4 is 49.1 Å². The lowest BCUT2D eigenvalue weighted by molar-refractivity contribution is -0.155. The van der Waals surface area contributed by atoms with Crippen molar-refractivity contribution in [2.45, 2.75) is 107 Å². The first-order valence-electron chi connectivity index (χ1n) is 19.3. The van der Waals surface area contributed by atoms with Gasteiger partial charge in [-0.25, -0.2) is 0 Å². The number of nitrogens with two attached hydrogens (primary N) is 3. The van der Waals surface area contributed by atoms with Gasteiger partial charge in [-0.15, -0.1) is 0 Å². The van der Waals surface area contributed by atoms with Crippen molar-refractivity contribution in [3.63, 3.8) is 0 Å². The predicted octanol–water partition coefficient (Wildman–Crippen LogP) is -3.90. The van der Waals surface area contributed by atoms with E-state index in [1.54, 1.807) is 13.8 Å². The lowest BCUT2D eigenvalue weighted by Gasteiger charge is -2.38. The molecule has 1 aliphatic heterocycles. The third kappa shape index (κ3) is 14.4. The molecule has 24 heteroatoms. The Balaban J connectivity index is 2.21. The van der Waals surface area contributed by atoms with Crippen molar-refractivity contribution in [2.75, 3.05) is 17.2 Å². The highest BCUT2D eigenvalue weighted by Gasteiger charge is 2.44. The fourth-order valence-electron chi connectivity index (χ4n) is 6.89. The Bertz CT molecular complexity index is 1910. The molecule has 0 aromatic heterocycles. The average molecular weight is 880 g/mol. The Morgan fingerprint density at radius 2 is 1.36 bits per heavy atom. The minimum absolute atomic E-state index is 0.0212. The molecule has 8 amide bonds. The first-order chi connectivity index (χ1) is 28.5. The van der Waals surface area contributed by atoms with E-state index in [0.717, 1.165) is 0 Å². The Morgan fingerprint density at radius 1 is 0.787 bits per heavy atom. The number of nitrogen functional groups attached to an aromatic ring is 1. The fourth-order valence-corrected chi connectivity index (χ4v) is 8.00. The molecule has 2 fully saturated rings. The van der Waals surface area contributed by atoms with E-state index in [2.05, 4.69) is 31.9 Å². The van der Waals surface area contributed by atoms with E-state index in [1.165, 1.54) is 18.2 Å². The molecule has 336 valence electrons. The number of hydrogen-bond donors (Lipinski definition) is 12. The highest BCUT2D eigenvalue weighted by Crippen LogP contribution is 2.29. The molecule has 6 atom stereocenters. The molecule has 1 aromatic rings. The van der Waals surface area contributed by atoms with E-state index in [0.29, 0.717) is 24.8 Å². The van der Waals surface area contributed by atoms with Gasteiger partial charge in [-0.1, -0.05) is 39.2 Å². The number of carboxylic acid groups (broad SMARTS) is 2. The van der Waals surface area contributed by atoms with Crippen LogP contribution in [0.2, 0.25) is 0 Å². The molecule has 1 heterocycles. The molecule has 1 aliphatic carbocycles. The topological polar surface area (TPSA) is 399 Å². The van der Waals surface area contributed by atoms with Gasteiger partial charge in [-0.2, -0.15) is 0 Å². The molecule has 1 aromatic carbocycles. The molecule has 1 spiro atoms. The van der Waals surface area contributed by atoms with Gasteiger partial charge in [0.25, 0.3) is 0 Å². The van der Waals surface area contributed by atoms with E-state index in [4.69, 9.17) is 17.2 Å². The van der Waals surface area contributed by atoms with Gasteiger partial charge in [0.05, 0.1) is 17.9 Å². The number of phenolic OH excluding ortho intramolecular Hbond substituents is 1. The second-order valence-corrected chi connectivity index (χ2v) is 17.0. The number of hydrogen-bond acceptors (Lipinski definition) is 13. The Labute approximate surface area is 351 Å². The maximum Gasteiger partial charge on any atom is 0.317 e. The van der Waals surface area contributed by atoms with Gasteiger partial charge in [-0.05, 0) is 42.9 Å². The van der Waals surface area contributed by atoms with Crippen LogP contribution in [0.5, 0.6) is 5.75 Å². The number of primary amides is 2. The van der Waals surface area contributed by atoms with Gasteiger partial charge in [0, 0.05) is 23.6 Å². The number of anilines is 1. The van der Waals surface area contributed by atoms with Crippen LogP contribution in [0.3, 0.4) is 0 Å². The summed E-state index contributed by atoms with van der Waals surface area (Å²) in [7, 11) is -2.38. The third-order valence-electron chi connectivity index (χ3n) is 10.1. The normalized spacial score (nSPS) is 24.9. The highest BCUT2D eigenvalue weighted by atomic mass is 32.2. The fraction of sp³-hybridized carbons (Fsp3) is 0.568. The molecule has 0 unspecified atom stereocenters. The summed E-state index contributed by atoms with van der Waals surface area (Å²) in [4.78, 5) is 132. The second kappa shape index (κ2) is 21.8. The summed E-state index contributed by atoms with van der Waals surface area (Å²) in [5.41, 5.74) is 15.2. The van der Waals surface area contributed by atoms with Gasteiger partial charge in [0.1, 0.15) is 47.3 Å². The number of aromatic hydroxyl groups is 1. The van der Waals surface area contributed by atoms with Gasteiger partial charge in [-0.3, -0.25) is 52.2 Å². The minimum Gasteiger partial charge on any atom is -0.506 e. The van der Waals surface area contributed by atoms with Gasteiger partial charge in [0.15, 0.2) is 5.92 Å². The Hall–Kier alpha value is -6.33. The molecular formula is C37H53N9O14S. The highest BCUT2D eigenvalue weighted by molar-refractivity contribution is 7.85. The lowest BCUT2D eigenvalue weighted by Crippen LogP contribution is -2.66. The van der Waals surface area contributed by atoms with Crippen LogP contribution in [0.4, 0.5) is 5.69 Å². The predicted molar refractivity (Wildman–Crippen MR) is 214 cm³/mol. The van der Waals surface area contributed by atoms with Gasteiger partial charge >= 0.3 is 11.9 Å². The Morgan fingerprint density at radius 3 is 1.90 bits per heavy atom. The van der Waals surface area contributed by atoms with Crippen LogP contribution in [0, 0.1) is 11.8 Å². The number of carbonyl (C=O) groups is 10. The zero-order valence-corrected chi connectivity index (χ0v) is 34.3. The molecule has 23 nitrogen and oxygen atoms in total. The van der Waals surface area contributed by atoms with E-state index in [9.17, 15) is 67.5 Å². The molecule has 61 heavy (non-hydrogen) atoms. The monoisotopic (exact) mass is 879 g/mol. The SMILES string of the molecule is CC(C)C[C@@H]1NC(=O)[C@H](CC(C(=O)O)C(=O)O)NC(=O)C[S@](=O)C[C@H](C(N)=O)NC(=O)[C@H](CC(N)=O)NC(=O)C2(CCCCC2)NC(=O)[C@H](Cc2ccc(O)c(N)c2)NC1=O. The number of nitrogens with one attached hydrogen (secondary N) is 6. The van der Waals surface area contributed by atoms with Crippen LogP contribution >= 0.6 is 0 Å². The number of benzene rings is 1. The van der Waals surface area contributed by atoms with Crippen LogP contribution in [0.15, 0.2) is 18.2 Å². The standard InChI is InChI=1S/C37H53N9O14S/c1-17(2)10-21-30(51)43-22(12-18-6-7-26(47)20(38)11-18)33(54)46-37(8-4-3-5-9-37)36(59)45-24(14-27(39)48)32(53)44-25(29(40)50)15-61(60)16-28(49)41-23(31(52)42-21)13-19(34(55)56)35(57)58/h6-7,11,17,19,21-25,47H,3-5,8-10,12-16,38H2,1-2H3,(H2,39,48)(H2,40,50)(H,41,49)(H,42,52)(H,43,51)(H,44,53)(H,45,59)(H,46,54)(H,55,56)(H,57,58)/t21-,22-,23-,24-,25+,61+/m0/s1. The van der Waals surface area contributed by atoms with Crippen LogP contribution in [-0.4, -0.2) is 126 Å². The summed E-state index contributed by atoms with van der Waals surface area (Å²) in [5.74, 6) is -17.2. The van der Waals surface area contributed by atoms with E-state index in [-0.39, 0.29) is 43.0 Å². The molecule has 0 radical (unpaired) electrons. The molecule has 3 rings (SSSR count). The number of carbonyl (C=O) groups excluding carboxylic acids is 8. The summed E-state index contributed by atoms with van der Waals surface area (Å²) in [5, 5.41) is 43.6. The zero-order chi connectivity index (χ0) is 45.8. The molecule has 1 saturated carbocycles. The number of phenols is 1. The second-order valence-electron chi connectivity index (χ2n) is 15.5. The smallest absolute Gasteiger partial charge is 0.317 e. The van der Waals surface area contributed by atoms with Crippen molar-refractivity contribution in [3.8, 4) is 5.75 Å². The van der Waals surface area contributed by atoms with Crippen LogP contribution in [0.1, 0.15) is 70.8 Å². The van der Waals surface area contributed by atoms with E-state index >= 15 is 0 Å². The summed E-state index contributed by atoms with van der Waals surface area (Å²) in [6.45, 7) is 3.36. The molecule has 0 bridgehead atoms. The van der Waals surface area contributed by atoms with Crippen molar-refractivity contribution in [1.82, 2.24) is 31.9 Å². The Kier molecular flexibility index (Phi) is 17.5. The number of aliphatic carboxylic acids is 2. The quantitative estimate of drug-likeness (QED) is 0.0574. The summed E-state index contributed by atoms with van der Waals surface area (Å²) in [6.07, 6.45) is -0.790. The molecular weight excluding hydrogens is 827 g/mol. The summed E-state index contributed by atoms with van der Waals surface area (Å²) >= 11 is 0. The van der Waals surface area contributed by atoms with Crippen molar-refractivity contribution in [1.29, 1.82) is 0 Å². The van der Waals surface area contributed by atoms with E-state index < -0.39 is 136 Å². The van der Waals surface area contributed by atoms with Crippen LogP contribution in [-0.2, 0) is 65.2 Å². The first-order valence-corrected chi connectivity index (χ1v) is 20.8. The molecule has 15 N–H and O–H groups in total. The summed E-state index contributed by atoms with van der Waals surface area (Å²) < 4.78 is 13.2. The largest absolute Gasteiger partial charge is 0.506 e. The van der Waals surface area contributed by atoms with Crippen molar-refractivity contribution >= 4 is 75.7 Å². The van der Waals surface area contributed by atoms with Crippen molar-refractivity contribution in [3.05, 3.63) is 23.8 Å². The van der Waals surface area contributed by atoms with E-state index in [1.807, 2.05) is 0 Å². The average Bonchev–Trinajstić information content (AvgIpc) is 3.15. The number of amides is 8. The molecule has 2 aliphatic rings. The van der Waals surface area contributed by atoms with Crippen molar-refractivity contribution in [2.24, 2.45) is 23.3 Å². The minimum atomic E-state index is -2.38. The lowest BCUT2D eigenvalue weighted by atomic mass is 9.80. The van der Waals surface area contributed by atoms with Crippen molar-refractivity contribution < 1.29 is 67.5 Å². The number of carboxylic acids is 2. The maximum absolute atomic E-state index is 14.4. The third-order valence-corrected chi connectivity index (χ3v) is 11.3. The van der Waals surface area contributed by atoms with Gasteiger partial charge in [0.2, 0.25) is 47.3 Å².